The largest absolute Gasteiger partial charge is 0.315 e. The zero-order valence-corrected chi connectivity index (χ0v) is 20.1. The number of hydrogen-bond donors (Lipinski definition) is 0. The molecule has 0 spiro atoms. The summed E-state index contributed by atoms with van der Waals surface area (Å²) in [4.78, 5) is 35.6. The molecule has 2 heterocycles. The van der Waals surface area contributed by atoms with Crippen molar-refractivity contribution in [2.24, 2.45) is 0 Å². The molecule has 0 saturated heterocycles. The monoisotopic (exact) mass is 467 g/mol. The fourth-order valence-corrected chi connectivity index (χ4v) is 7.26. The van der Waals surface area contributed by atoms with Crippen LogP contribution in [0.25, 0.3) is 10.2 Å². The molecule has 1 amide bonds. The number of hydrogen-bond acceptors (Lipinski definition) is 5. The second-order valence-corrected chi connectivity index (χ2v) is 10.9. The van der Waals surface area contributed by atoms with E-state index in [1.165, 1.54) is 35.0 Å². The molecule has 0 aliphatic heterocycles. The van der Waals surface area contributed by atoms with Crippen LogP contribution in [-0.4, -0.2) is 28.3 Å². The Hall–Kier alpha value is -2.12. The maximum Gasteiger partial charge on any atom is 0.263 e. The number of anilines is 1. The van der Waals surface area contributed by atoms with Gasteiger partial charge in [0.1, 0.15) is 4.83 Å². The average molecular weight is 468 g/mol. The SMILES string of the molecule is CN(C(=O)CSc1nc2sc3c(c2c(=O)n1C1CCCCC1)CCCC3)c1ccccc1. The lowest BCUT2D eigenvalue weighted by atomic mass is 9.94. The first kappa shape index (κ1) is 21.7. The topological polar surface area (TPSA) is 55.2 Å². The first-order valence-corrected chi connectivity index (χ1v) is 13.4. The molecule has 32 heavy (non-hydrogen) atoms. The highest BCUT2D eigenvalue weighted by atomic mass is 32.2. The van der Waals surface area contributed by atoms with E-state index in [2.05, 4.69) is 0 Å². The van der Waals surface area contributed by atoms with Crippen molar-refractivity contribution < 1.29 is 4.79 Å². The number of para-hydroxylation sites is 1. The van der Waals surface area contributed by atoms with E-state index in [1.807, 2.05) is 34.9 Å². The van der Waals surface area contributed by atoms with Crippen LogP contribution >= 0.6 is 23.1 Å². The number of fused-ring (bicyclic) bond motifs is 3. The number of aryl methyl sites for hydroxylation is 2. The van der Waals surface area contributed by atoms with E-state index in [9.17, 15) is 9.59 Å². The lowest BCUT2D eigenvalue weighted by molar-refractivity contribution is -0.115. The summed E-state index contributed by atoms with van der Waals surface area (Å²) in [6.07, 6.45) is 9.96. The molecule has 5 nitrogen and oxygen atoms in total. The van der Waals surface area contributed by atoms with Crippen LogP contribution in [0.4, 0.5) is 5.69 Å². The Bertz CT molecular complexity index is 1180. The smallest absolute Gasteiger partial charge is 0.263 e. The molecule has 0 atom stereocenters. The lowest BCUT2D eigenvalue weighted by Gasteiger charge is -2.26. The van der Waals surface area contributed by atoms with Crippen LogP contribution < -0.4 is 10.5 Å². The number of benzene rings is 1. The summed E-state index contributed by atoms with van der Waals surface area (Å²) >= 11 is 3.10. The third-order valence-corrected chi connectivity index (χ3v) is 8.89. The minimum atomic E-state index is 0.0104. The molecule has 2 aromatic heterocycles. The third kappa shape index (κ3) is 4.13. The summed E-state index contributed by atoms with van der Waals surface area (Å²) in [6.45, 7) is 0. The molecule has 168 valence electrons. The van der Waals surface area contributed by atoms with Crippen LogP contribution in [0, 0.1) is 0 Å². The van der Waals surface area contributed by atoms with Gasteiger partial charge in [-0.1, -0.05) is 49.2 Å². The predicted octanol–water partition coefficient (Wildman–Crippen LogP) is 5.60. The van der Waals surface area contributed by atoms with Crippen LogP contribution in [0.3, 0.4) is 0 Å². The molecule has 1 saturated carbocycles. The van der Waals surface area contributed by atoms with E-state index in [-0.39, 0.29) is 23.3 Å². The van der Waals surface area contributed by atoms with E-state index < -0.39 is 0 Å². The summed E-state index contributed by atoms with van der Waals surface area (Å²) < 4.78 is 1.95. The van der Waals surface area contributed by atoms with Crippen molar-refractivity contribution in [2.45, 2.75) is 69.0 Å². The Morgan fingerprint density at radius 1 is 1.12 bits per heavy atom. The molecule has 7 heteroatoms. The molecular formula is C25H29N3O2S2. The van der Waals surface area contributed by atoms with Gasteiger partial charge in [0.15, 0.2) is 5.16 Å². The fraction of sp³-hybridized carbons (Fsp3) is 0.480. The number of nitrogens with zero attached hydrogens (tertiary/aromatic N) is 3. The van der Waals surface area contributed by atoms with E-state index >= 15 is 0 Å². The standard InChI is InChI=1S/C25H29N3O2S2/c1-27(17-10-4-2-5-11-17)21(29)16-31-25-26-23-22(19-14-8-9-15-20(19)32-23)24(30)28(25)18-12-6-3-7-13-18/h2,4-5,10-11,18H,3,6-9,12-16H2,1H3. The van der Waals surface area contributed by atoms with E-state index in [1.54, 1.807) is 23.3 Å². The summed E-state index contributed by atoms with van der Waals surface area (Å²) in [6, 6.07) is 9.86. The van der Waals surface area contributed by atoms with Gasteiger partial charge in [0.2, 0.25) is 5.91 Å². The summed E-state index contributed by atoms with van der Waals surface area (Å²) in [7, 11) is 1.80. The summed E-state index contributed by atoms with van der Waals surface area (Å²) in [5.74, 6) is 0.275. The Kier molecular flexibility index (Phi) is 6.37. The highest BCUT2D eigenvalue weighted by Crippen LogP contribution is 2.37. The second-order valence-electron chi connectivity index (χ2n) is 8.83. The maximum absolute atomic E-state index is 13.8. The van der Waals surface area contributed by atoms with Crippen LogP contribution in [0.2, 0.25) is 0 Å². The first-order valence-electron chi connectivity index (χ1n) is 11.6. The van der Waals surface area contributed by atoms with Crippen molar-refractivity contribution in [3.8, 4) is 0 Å². The average Bonchev–Trinajstić information content (AvgIpc) is 3.22. The van der Waals surface area contributed by atoms with Gasteiger partial charge < -0.3 is 4.90 Å². The normalized spacial score (nSPS) is 16.8. The number of carbonyl (C=O) groups is 1. The molecular weight excluding hydrogens is 438 g/mol. The van der Waals surface area contributed by atoms with Gasteiger partial charge in [0, 0.05) is 23.7 Å². The van der Waals surface area contributed by atoms with Gasteiger partial charge in [0.05, 0.1) is 11.1 Å². The molecule has 5 rings (SSSR count). The number of thiophene rings is 1. The van der Waals surface area contributed by atoms with E-state index in [0.29, 0.717) is 5.16 Å². The minimum Gasteiger partial charge on any atom is -0.315 e. The fourth-order valence-electron chi connectivity index (χ4n) is 4.98. The Labute approximate surface area is 196 Å². The molecule has 0 radical (unpaired) electrons. The molecule has 2 aliphatic rings. The summed E-state index contributed by atoms with van der Waals surface area (Å²) in [5, 5.41) is 1.56. The minimum absolute atomic E-state index is 0.0104. The third-order valence-electron chi connectivity index (χ3n) is 6.77. The van der Waals surface area contributed by atoms with Gasteiger partial charge in [-0.25, -0.2) is 4.98 Å². The van der Waals surface area contributed by atoms with Gasteiger partial charge >= 0.3 is 0 Å². The second kappa shape index (κ2) is 9.40. The number of thioether (sulfide) groups is 1. The zero-order chi connectivity index (χ0) is 22.1. The number of carbonyl (C=O) groups excluding carboxylic acids is 1. The number of amides is 1. The first-order chi connectivity index (χ1) is 15.6. The molecule has 1 aromatic carbocycles. The molecule has 3 aromatic rings. The van der Waals surface area contributed by atoms with Gasteiger partial charge in [-0.05, 0) is 56.2 Å². The summed E-state index contributed by atoms with van der Waals surface area (Å²) in [5.41, 5.74) is 2.24. The van der Waals surface area contributed by atoms with Gasteiger partial charge in [-0.2, -0.15) is 0 Å². The van der Waals surface area contributed by atoms with Crippen molar-refractivity contribution in [2.75, 3.05) is 17.7 Å². The number of aromatic nitrogens is 2. The lowest BCUT2D eigenvalue weighted by Crippen LogP contribution is -2.31. The quantitative estimate of drug-likeness (QED) is 0.362. The van der Waals surface area contributed by atoms with Crippen molar-refractivity contribution in [3.63, 3.8) is 0 Å². The van der Waals surface area contributed by atoms with Gasteiger partial charge in [0.25, 0.3) is 5.56 Å². The molecule has 0 N–H and O–H groups in total. The van der Waals surface area contributed by atoms with E-state index in [0.717, 1.165) is 60.8 Å². The Morgan fingerprint density at radius 2 is 1.88 bits per heavy atom. The highest BCUT2D eigenvalue weighted by molar-refractivity contribution is 7.99. The number of rotatable bonds is 5. The maximum atomic E-state index is 13.8. The van der Waals surface area contributed by atoms with Crippen LogP contribution in [0.5, 0.6) is 0 Å². The molecule has 0 unspecified atom stereocenters. The van der Waals surface area contributed by atoms with Crippen LogP contribution in [0.1, 0.15) is 61.4 Å². The Balaban J connectivity index is 1.49. The van der Waals surface area contributed by atoms with Crippen LogP contribution in [-0.2, 0) is 17.6 Å². The van der Waals surface area contributed by atoms with Gasteiger partial charge in [-0.15, -0.1) is 11.3 Å². The van der Waals surface area contributed by atoms with Crippen LogP contribution in [0.15, 0.2) is 40.3 Å². The zero-order valence-electron chi connectivity index (χ0n) is 18.5. The van der Waals surface area contributed by atoms with Crippen molar-refractivity contribution >= 4 is 44.9 Å². The van der Waals surface area contributed by atoms with Crippen molar-refractivity contribution in [1.29, 1.82) is 0 Å². The van der Waals surface area contributed by atoms with E-state index in [4.69, 9.17) is 4.98 Å². The van der Waals surface area contributed by atoms with Crippen molar-refractivity contribution in [1.82, 2.24) is 9.55 Å². The predicted molar refractivity (Wildman–Crippen MR) is 133 cm³/mol. The molecule has 1 fully saturated rings. The molecule has 2 aliphatic carbocycles. The van der Waals surface area contributed by atoms with Crippen molar-refractivity contribution in [3.05, 3.63) is 51.1 Å². The van der Waals surface area contributed by atoms with Gasteiger partial charge in [-0.3, -0.25) is 14.2 Å². The Morgan fingerprint density at radius 3 is 2.66 bits per heavy atom. The highest BCUT2D eigenvalue weighted by Gasteiger charge is 2.27. The molecule has 0 bridgehead atoms.